The standard InChI is InChI=1S/C18H28N2O/c1-3-18(2,20-12-4-5-13-20)17(21)15-10-6-8-14-9-7-11-19-16(14)15/h7,9,11,15,17,21H,3-6,8,10,12-13H2,1-2H3. The second kappa shape index (κ2) is 6.05. The zero-order valence-corrected chi connectivity index (χ0v) is 13.4. The highest BCUT2D eigenvalue weighted by atomic mass is 16.3. The second-order valence-corrected chi connectivity index (χ2v) is 6.90. The fourth-order valence-corrected chi connectivity index (χ4v) is 4.23. The van der Waals surface area contributed by atoms with E-state index in [1.54, 1.807) is 0 Å². The van der Waals surface area contributed by atoms with Crippen LogP contribution in [0, 0.1) is 0 Å². The number of aryl methyl sites for hydroxylation is 1. The van der Waals surface area contributed by atoms with Crippen molar-refractivity contribution in [1.82, 2.24) is 9.88 Å². The van der Waals surface area contributed by atoms with E-state index in [1.807, 2.05) is 12.3 Å². The zero-order valence-electron chi connectivity index (χ0n) is 13.4. The van der Waals surface area contributed by atoms with Crippen LogP contribution in [0.2, 0.25) is 0 Å². The van der Waals surface area contributed by atoms with Crippen molar-refractivity contribution < 1.29 is 5.11 Å². The lowest BCUT2D eigenvalue weighted by Crippen LogP contribution is -2.55. The summed E-state index contributed by atoms with van der Waals surface area (Å²) < 4.78 is 0. The van der Waals surface area contributed by atoms with Gasteiger partial charge in [-0.2, -0.15) is 0 Å². The third kappa shape index (κ3) is 2.62. The lowest BCUT2D eigenvalue weighted by atomic mass is 9.74. The van der Waals surface area contributed by atoms with Crippen LogP contribution >= 0.6 is 0 Å². The molecule has 1 N–H and O–H groups in total. The normalized spacial score (nSPS) is 27.1. The number of nitrogens with zero attached hydrogens (tertiary/aromatic N) is 2. The maximum absolute atomic E-state index is 11.2. The monoisotopic (exact) mass is 288 g/mol. The van der Waals surface area contributed by atoms with Gasteiger partial charge in [-0.15, -0.1) is 0 Å². The first-order valence-electron chi connectivity index (χ1n) is 8.53. The molecule has 3 atom stereocenters. The molecule has 0 radical (unpaired) electrons. The maximum Gasteiger partial charge on any atom is 0.0804 e. The van der Waals surface area contributed by atoms with Crippen LogP contribution in [0.4, 0.5) is 0 Å². The van der Waals surface area contributed by atoms with Gasteiger partial charge in [0.15, 0.2) is 0 Å². The third-order valence-electron chi connectivity index (χ3n) is 5.80. The molecule has 0 amide bonds. The number of aliphatic hydroxyl groups is 1. The van der Waals surface area contributed by atoms with E-state index >= 15 is 0 Å². The molecule has 0 spiro atoms. The van der Waals surface area contributed by atoms with Gasteiger partial charge in [-0.05, 0) is 70.2 Å². The molecule has 1 aliphatic carbocycles. The van der Waals surface area contributed by atoms with Crippen LogP contribution in [0.1, 0.15) is 63.1 Å². The van der Waals surface area contributed by atoms with E-state index in [2.05, 4.69) is 29.8 Å². The average molecular weight is 288 g/mol. The van der Waals surface area contributed by atoms with Crippen molar-refractivity contribution in [1.29, 1.82) is 0 Å². The SMILES string of the molecule is CCC(C)(C(O)C1CCCc2cccnc21)N1CCCC1. The van der Waals surface area contributed by atoms with E-state index in [9.17, 15) is 5.11 Å². The van der Waals surface area contributed by atoms with E-state index in [1.165, 1.54) is 24.8 Å². The smallest absolute Gasteiger partial charge is 0.0804 e. The van der Waals surface area contributed by atoms with Gasteiger partial charge in [-0.25, -0.2) is 0 Å². The Balaban J connectivity index is 1.89. The number of pyridine rings is 1. The van der Waals surface area contributed by atoms with Crippen molar-refractivity contribution in [2.75, 3.05) is 13.1 Å². The number of hydrogen-bond acceptors (Lipinski definition) is 3. The average Bonchev–Trinajstić information content (AvgIpc) is 3.08. The Labute approximate surface area is 128 Å². The predicted molar refractivity (Wildman–Crippen MR) is 85.4 cm³/mol. The molecule has 21 heavy (non-hydrogen) atoms. The molecule has 3 nitrogen and oxygen atoms in total. The molecule has 2 heterocycles. The highest BCUT2D eigenvalue weighted by molar-refractivity contribution is 5.28. The van der Waals surface area contributed by atoms with E-state index < -0.39 is 0 Å². The lowest BCUT2D eigenvalue weighted by molar-refractivity contribution is -0.0312. The Morgan fingerprint density at radius 3 is 2.86 bits per heavy atom. The molecule has 1 fully saturated rings. The summed E-state index contributed by atoms with van der Waals surface area (Å²) in [6.07, 6.45) is 8.42. The van der Waals surface area contributed by atoms with E-state index in [0.29, 0.717) is 0 Å². The van der Waals surface area contributed by atoms with Gasteiger partial charge in [-0.1, -0.05) is 13.0 Å². The molecule has 116 valence electrons. The Bertz CT molecular complexity index is 484. The van der Waals surface area contributed by atoms with Crippen molar-refractivity contribution in [2.45, 2.75) is 69.9 Å². The summed E-state index contributed by atoms with van der Waals surface area (Å²) in [4.78, 5) is 7.13. The van der Waals surface area contributed by atoms with Gasteiger partial charge in [-0.3, -0.25) is 9.88 Å². The largest absolute Gasteiger partial charge is 0.391 e. The minimum Gasteiger partial charge on any atom is -0.391 e. The van der Waals surface area contributed by atoms with Gasteiger partial charge < -0.3 is 5.11 Å². The van der Waals surface area contributed by atoms with Gasteiger partial charge in [0, 0.05) is 23.3 Å². The van der Waals surface area contributed by atoms with E-state index in [0.717, 1.165) is 38.0 Å². The Morgan fingerprint density at radius 2 is 2.14 bits per heavy atom. The van der Waals surface area contributed by atoms with Crippen LogP contribution in [-0.4, -0.2) is 39.7 Å². The van der Waals surface area contributed by atoms with Crippen LogP contribution in [0.15, 0.2) is 18.3 Å². The third-order valence-corrected chi connectivity index (χ3v) is 5.80. The van der Waals surface area contributed by atoms with Gasteiger partial charge in [0.25, 0.3) is 0 Å². The first-order valence-corrected chi connectivity index (χ1v) is 8.53. The number of aliphatic hydroxyl groups excluding tert-OH is 1. The minimum absolute atomic E-state index is 0.118. The molecule has 1 aromatic heterocycles. The topological polar surface area (TPSA) is 36.4 Å². The van der Waals surface area contributed by atoms with Crippen LogP contribution in [-0.2, 0) is 6.42 Å². The predicted octanol–water partition coefficient (Wildman–Crippen LogP) is 3.13. The summed E-state index contributed by atoms with van der Waals surface area (Å²) in [5.74, 6) is 0.195. The summed E-state index contributed by atoms with van der Waals surface area (Å²) >= 11 is 0. The summed E-state index contributed by atoms with van der Waals surface area (Å²) in [6, 6.07) is 4.20. The van der Waals surface area contributed by atoms with Gasteiger partial charge in [0.2, 0.25) is 0 Å². The fourth-order valence-electron chi connectivity index (χ4n) is 4.23. The lowest BCUT2D eigenvalue weighted by Gasteiger charge is -2.45. The Morgan fingerprint density at radius 1 is 1.38 bits per heavy atom. The molecule has 1 saturated heterocycles. The molecule has 3 rings (SSSR count). The molecule has 1 aromatic rings. The summed E-state index contributed by atoms with van der Waals surface area (Å²) in [5, 5.41) is 11.2. The highest BCUT2D eigenvalue weighted by Gasteiger charge is 2.44. The van der Waals surface area contributed by atoms with Crippen molar-refractivity contribution in [3.05, 3.63) is 29.6 Å². The van der Waals surface area contributed by atoms with Crippen LogP contribution in [0.3, 0.4) is 0 Å². The van der Waals surface area contributed by atoms with Crippen LogP contribution in [0.5, 0.6) is 0 Å². The summed E-state index contributed by atoms with van der Waals surface area (Å²) in [5.41, 5.74) is 2.37. The van der Waals surface area contributed by atoms with Crippen molar-refractivity contribution in [2.24, 2.45) is 0 Å². The number of fused-ring (bicyclic) bond motifs is 1. The molecule has 3 heteroatoms. The Hall–Kier alpha value is -0.930. The molecule has 0 bridgehead atoms. The highest BCUT2D eigenvalue weighted by Crippen LogP contribution is 2.40. The molecule has 1 aliphatic heterocycles. The van der Waals surface area contributed by atoms with Crippen molar-refractivity contribution >= 4 is 0 Å². The zero-order chi connectivity index (χ0) is 14.9. The quantitative estimate of drug-likeness (QED) is 0.924. The molecule has 0 saturated carbocycles. The van der Waals surface area contributed by atoms with Crippen LogP contribution in [0.25, 0.3) is 0 Å². The van der Waals surface area contributed by atoms with Gasteiger partial charge in [0.05, 0.1) is 6.10 Å². The number of rotatable bonds is 4. The number of hydrogen-bond donors (Lipinski definition) is 1. The molecule has 2 aliphatic rings. The fraction of sp³-hybridized carbons (Fsp3) is 0.722. The van der Waals surface area contributed by atoms with Gasteiger partial charge in [0.1, 0.15) is 0 Å². The molecule has 0 aromatic carbocycles. The molecule has 3 unspecified atom stereocenters. The first-order chi connectivity index (χ1) is 10.2. The molecular weight excluding hydrogens is 260 g/mol. The summed E-state index contributed by atoms with van der Waals surface area (Å²) in [7, 11) is 0. The van der Waals surface area contributed by atoms with Crippen molar-refractivity contribution in [3.8, 4) is 0 Å². The van der Waals surface area contributed by atoms with E-state index in [-0.39, 0.29) is 17.6 Å². The van der Waals surface area contributed by atoms with Crippen LogP contribution < -0.4 is 0 Å². The van der Waals surface area contributed by atoms with Crippen molar-refractivity contribution in [3.63, 3.8) is 0 Å². The number of likely N-dealkylation sites (tertiary alicyclic amines) is 1. The van der Waals surface area contributed by atoms with Gasteiger partial charge >= 0.3 is 0 Å². The summed E-state index contributed by atoms with van der Waals surface area (Å²) in [6.45, 7) is 6.72. The number of aromatic nitrogens is 1. The minimum atomic E-state index is -0.324. The molecular formula is C18H28N2O. The second-order valence-electron chi connectivity index (χ2n) is 6.90. The van der Waals surface area contributed by atoms with E-state index in [4.69, 9.17) is 0 Å². The first kappa shape index (κ1) is 15.0. The maximum atomic E-state index is 11.2. The Kier molecular flexibility index (Phi) is 4.32.